The molecule has 0 aromatic heterocycles. The predicted molar refractivity (Wildman–Crippen MR) is 60.1 cm³/mol. The summed E-state index contributed by atoms with van der Waals surface area (Å²) in [5, 5.41) is 8.96. The second kappa shape index (κ2) is 6.71. The molecule has 1 aromatic rings. The van der Waals surface area contributed by atoms with Crippen molar-refractivity contribution < 1.29 is 23.0 Å². The van der Waals surface area contributed by atoms with Crippen molar-refractivity contribution in [3.8, 4) is 5.75 Å². The van der Waals surface area contributed by atoms with Crippen LogP contribution < -0.4 is 4.74 Å². The number of hydrogen-bond acceptors (Lipinski definition) is 2. The molecule has 0 aliphatic rings. The second-order valence-corrected chi connectivity index (χ2v) is 3.32. The van der Waals surface area contributed by atoms with Gasteiger partial charge in [0.1, 0.15) is 5.75 Å². The standard InChI is InChI=1S/C9H8ClF3O2.C2H6/c1-5(14)6-2-3-8(7(10)4-6)15-9(11,12)13;1-2/h2-5,14H,1H3;1-2H3. The molecule has 1 rings (SSSR count). The summed E-state index contributed by atoms with van der Waals surface area (Å²) in [7, 11) is 0. The van der Waals surface area contributed by atoms with Crippen LogP contribution in [0.15, 0.2) is 18.2 Å². The van der Waals surface area contributed by atoms with E-state index in [1.807, 2.05) is 13.8 Å². The highest BCUT2D eigenvalue weighted by Gasteiger charge is 2.32. The van der Waals surface area contributed by atoms with Gasteiger partial charge in [0.15, 0.2) is 0 Å². The van der Waals surface area contributed by atoms with E-state index in [1.165, 1.54) is 19.1 Å². The average molecular weight is 271 g/mol. The third-order valence-corrected chi connectivity index (χ3v) is 1.96. The molecule has 0 amide bonds. The van der Waals surface area contributed by atoms with Gasteiger partial charge in [-0.3, -0.25) is 0 Å². The molecule has 0 bridgehead atoms. The van der Waals surface area contributed by atoms with Crippen molar-refractivity contribution in [3.05, 3.63) is 28.8 Å². The largest absolute Gasteiger partial charge is 0.573 e. The van der Waals surface area contributed by atoms with E-state index < -0.39 is 18.2 Å². The van der Waals surface area contributed by atoms with Crippen molar-refractivity contribution in [1.82, 2.24) is 0 Å². The zero-order chi connectivity index (χ0) is 13.6. The number of alkyl halides is 3. The van der Waals surface area contributed by atoms with Crippen LogP contribution in [0, 0.1) is 0 Å². The lowest BCUT2D eigenvalue weighted by Gasteiger charge is -2.12. The lowest BCUT2D eigenvalue weighted by Crippen LogP contribution is -2.17. The van der Waals surface area contributed by atoms with E-state index in [9.17, 15) is 13.2 Å². The third-order valence-electron chi connectivity index (χ3n) is 1.66. The highest BCUT2D eigenvalue weighted by atomic mass is 35.5. The number of aliphatic hydroxyl groups excluding tert-OH is 1. The van der Waals surface area contributed by atoms with E-state index in [4.69, 9.17) is 16.7 Å². The van der Waals surface area contributed by atoms with Gasteiger partial charge in [0.2, 0.25) is 0 Å². The van der Waals surface area contributed by atoms with Crippen LogP contribution in [0.25, 0.3) is 0 Å². The van der Waals surface area contributed by atoms with Crippen molar-refractivity contribution in [3.63, 3.8) is 0 Å². The molecule has 0 aliphatic carbocycles. The first kappa shape index (κ1) is 16.1. The molecule has 0 radical (unpaired) electrons. The number of rotatable bonds is 2. The highest BCUT2D eigenvalue weighted by Crippen LogP contribution is 2.31. The molecule has 0 fully saturated rings. The van der Waals surface area contributed by atoms with E-state index >= 15 is 0 Å². The number of hydrogen-bond donors (Lipinski definition) is 1. The first-order chi connectivity index (χ1) is 7.79. The Labute approximate surface area is 103 Å². The Bertz CT molecular complexity index is 351. The molecular weight excluding hydrogens is 257 g/mol. The summed E-state index contributed by atoms with van der Waals surface area (Å²) in [5.41, 5.74) is 0.425. The number of halogens is 4. The molecule has 6 heteroatoms. The van der Waals surface area contributed by atoms with Crippen molar-refractivity contribution in [2.75, 3.05) is 0 Å². The van der Waals surface area contributed by atoms with Gasteiger partial charge < -0.3 is 9.84 Å². The molecule has 17 heavy (non-hydrogen) atoms. The minimum Gasteiger partial charge on any atom is -0.404 e. The lowest BCUT2D eigenvalue weighted by atomic mass is 10.1. The second-order valence-electron chi connectivity index (χ2n) is 2.91. The van der Waals surface area contributed by atoms with E-state index in [-0.39, 0.29) is 5.02 Å². The first-order valence-electron chi connectivity index (χ1n) is 5.03. The molecule has 0 spiro atoms. The summed E-state index contributed by atoms with van der Waals surface area (Å²) in [5.74, 6) is -0.478. The summed E-state index contributed by atoms with van der Waals surface area (Å²) in [4.78, 5) is 0. The number of ether oxygens (including phenoxy) is 1. The minimum absolute atomic E-state index is 0.189. The monoisotopic (exact) mass is 270 g/mol. The highest BCUT2D eigenvalue weighted by molar-refractivity contribution is 6.32. The molecule has 1 aromatic carbocycles. The Hall–Kier alpha value is -0.940. The Kier molecular flexibility index (Phi) is 6.34. The van der Waals surface area contributed by atoms with Gasteiger partial charge in [0.25, 0.3) is 0 Å². The van der Waals surface area contributed by atoms with Crippen LogP contribution in [0.3, 0.4) is 0 Å². The van der Waals surface area contributed by atoms with Gasteiger partial charge >= 0.3 is 6.36 Å². The lowest BCUT2D eigenvalue weighted by molar-refractivity contribution is -0.274. The van der Waals surface area contributed by atoms with Crippen molar-refractivity contribution in [1.29, 1.82) is 0 Å². The maximum absolute atomic E-state index is 11.9. The fourth-order valence-electron chi connectivity index (χ4n) is 0.984. The molecule has 0 saturated carbocycles. The quantitative estimate of drug-likeness (QED) is 0.867. The molecule has 2 nitrogen and oxygen atoms in total. The maximum Gasteiger partial charge on any atom is 0.573 e. The van der Waals surface area contributed by atoms with Crippen LogP contribution in [-0.4, -0.2) is 11.5 Å². The summed E-state index contributed by atoms with van der Waals surface area (Å²) >= 11 is 5.54. The van der Waals surface area contributed by atoms with E-state index in [0.717, 1.165) is 6.07 Å². The number of aliphatic hydroxyl groups is 1. The number of benzene rings is 1. The Morgan fingerprint density at radius 1 is 1.29 bits per heavy atom. The Morgan fingerprint density at radius 3 is 2.18 bits per heavy atom. The van der Waals surface area contributed by atoms with Crippen LogP contribution in [0.4, 0.5) is 13.2 Å². The Balaban J connectivity index is 0.00000121. The first-order valence-corrected chi connectivity index (χ1v) is 5.40. The van der Waals surface area contributed by atoms with Gasteiger partial charge in [-0.05, 0) is 24.6 Å². The summed E-state index contributed by atoms with van der Waals surface area (Å²) in [6, 6.07) is 3.61. The van der Waals surface area contributed by atoms with Gasteiger partial charge in [0.05, 0.1) is 11.1 Å². The maximum atomic E-state index is 11.9. The smallest absolute Gasteiger partial charge is 0.404 e. The van der Waals surface area contributed by atoms with Gasteiger partial charge in [-0.2, -0.15) is 0 Å². The van der Waals surface area contributed by atoms with Crippen molar-refractivity contribution in [2.24, 2.45) is 0 Å². The van der Waals surface area contributed by atoms with Crippen molar-refractivity contribution in [2.45, 2.75) is 33.2 Å². The molecule has 1 atom stereocenters. The van der Waals surface area contributed by atoms with Crippen LogP contribution in [0.1, 0.15) is 32.4 Å². The topological polar surface area (TPSA) is 29.5 Å². The van der Waals surface area contributed by atoms with Gasteiger partial charge in [-0.1, -0.05) is 31.5 Å². The van der Waals surface area contributed by atoms with Crippen LogP contribution >= 0.6 is 11.6 Å². The molecule has 98 valence electrons. The molecule has 1 unspecified atom stereocenters. The van der Waals surface area contributed by atoms with E-state index in [1.54, 1.807) is 0 Å². The summed E-state index contributed by atoms with van der Waals surface area (Å²) in [6.07, 6.45) is -5.56. The van der Waals surface area contributed by atoms with Crippen LogP contribution in [-0.2, 0) is 0 Å². The molecular formula is C11H14ClF3O2. The fourth-order valence-corrected chi connectivity index (χ4v) is 1.21. The Morgan fingerprint density at radius 2 is 1.82 bits per heavy atom. The summed E-state index contributed by atoms with van der Waals surface area (Å²) in [6.45, 7) is 5.48. The zero-order valence-electron chi connectivity index (χ0n) is 9.68. The van der Waals surface area contributed by atoms with Gasteiger partial charge in [-0.15, -0.1) is 13.2 Å². The van der Waals surface area contributed by atoms with Gasteiger partial charge in [-0.25, -0.2) is 0 Å². The van der Waals surface area contributed by atoms with Crippen LogP contribution in [0.2, 0.25) is 5.02 Å². The van der Waals surface area contributed by atoms with E-state index in [0.29, 0.717) is 5.56 Å². The van der Waals surface area contributed by atoms with Crippen molar-refractivity contribution >= 4 is 11.6 Å². The predicted octanol–water partition coefficient (Wildman–Crippen LogP) is 4.32. The normalized spacial score (nSPS) is 12.5. The van der Waals surface area contributed by atoms with Crippen LogP contribution in [0.5, 0.6) is 5.75 Å². The van der Waals surface area contributed by atoms with E-state index in [2.05, 4.69) is 4.74 Å². The fraction of sp³-hybridized carbons (Fsp3) is 0.455. The third kappa shape index (κ3) is 5.79. The average Bonchev–Trinajstić information content (AvgIpc) is 2.22. The summed E-state index contributed by atoms with van der Waals surface area (Å²) < 4.78 is 39.2. The SMILES string of the molecule is CC.CC(O)c1ccc(OC(F)(F)F)c(Cl)c1. The molecule has 0 saturated heterocycles. The minimum atomic E-state index is -4.77. The molecule has 1 N–H and O–H groups in total. The van der Waals surface area contributed by atoms with Gasteiger partial charge in [0, 0.05) is 0 Å². The zero-order valence-corrected chi connectivity index (χ0v) is 10.4. The molecule has 0 aliphatic heterocycles. The molecule has 0 heterocycles.